The van der Waals surface area contributed by atoms with Gasteiger partial charge < -0.3 is 5.73 Å². The smallest absolute Gasteiger partial charge is 0.383 e. The second-order valence-electron chi connectivity index (χ2n) is 3.11. The molecule has 0 aliphatic rings. The van der Waals surface area contributed by atoms with E-state index in [1.807, 2.05) is 0 Å². The van der Waals surface area contributed by atoms with Crippen LogP contribution in [0.2, 0.25) is 0 Å². The zero-order chi connectivity index (χ0) is 11.1. The van der Waals surface area contributed by atoms with E-state index in [4.69, 9.17) is 5.73 Å². The second-order valence-corrected chi connectivity index (χ2v) is 3.11. The average molecular weight is 249 g/mol. The number of nitrogens with zero attached hydrogens (tertiary/aromatic N) is 1. The number of nitrogen functional groups attached to an aromatic ring is 1. The fourth-order valence-corrected chi connectivity index (χ4v) is 1.37. The molecule has 2 N–H and O–H groups in total. The standard InChI is InChI=1S/C10H7F3N2.ClH/c11-10(12,13)8-5-6-3-1-2-4-7(6)9(14)15-8;/h1-5H,(H2,14,15);1H. The summed E-state index contributed by atoms with van der Waals surface area (Å²) in [6, 6.07) is 7.56. The SMILES string of the molecule is Cl.Nc1nc(C(F)(F)F)cc2ccccc12. The molecule has 86 valence electrons. The Balaban J connectivity index is 0.00000128. The van der Waals surface area contributed by atoms with Crippen molar-refractivity contribution in [3.05, 3.63) is 36.0 Å². The first-order valence-corrected chi connectivity index (χ1v) is 4.21. The second kappa shape index (κ2) is 4.17. The summed E-state index contributed by atoms with van der Waals surface area (Å²) < 4.78 is 37.1. The molecule has 2 rings (SSSR count). The Bertz CT molecular complexity index is 511. The Morgan fingerprint density at radius 1 is 1.12 bits per heavy atom. The van der Waals surface area contributed by atoms with Crippen molar-refractivity contribution in [2.45, 2.75) is 6.18 Å². The third kappa shape index (κ3) is 2.19. The maximum absolute atomic E-state index is 12.4. The molecule has 0 radical (unpaired) electrons. The van der Waals surface area contributed by atoms with Gasteiger partial charge in [0.1, 0.15) is 11.5 Å². The van der Waals surface area contributed by atoms with E-state index in [1.54, 1.807) is 24.3 Å². The summed E-state index contributed by atoms with van der Waals surface area (Å²) in [5, 5.41) is 0.975. The maximum atomic E-state index is 12.4. The molecule has 0 amide bonds. The van der Waals surface area contributed by atoms with Gasteiger partial charge in [-0.2, -0.15) is 13.2 Å². The Kier molecular flexibility index (Phi) is 3.28. The van der Waals surface area contributed by atoms with Crippen LogP contribution < -0.4 is 5.73 Å². The van der Waals surface area contributed by atoms with E-state index in [2.05, 4.69) is 4.98 Å². The van der Waals surface area contributed by atoms with Gasteiger partial charge in [-0.1, -0.05) is 24.3 Å². The van der Waals surface area contributed by atoms with Crippen LogP contribution in [0.3, 0.4) is 0 Å². The van der Waals surface area contributed by atoms with Gasteiger partial charge in [-0.05, 0) is 11.5 Å². The predicted octanol–water partition coefficient (Wildman–Crippen LogP) is 3.26. The number of pyridine rings is 1. The molecule has 1 heterocycles. The first kappa shape index (κ1) is 12.6. The quantitative estimate of drug-likeness (QED) is 0.777. The van der Waals surface area contributed by atoms with Gasteiger partial charge in [-0.25, -0.2) is 4.98 Å². The first-order chi connectivity index (χ1) is 6.98. The molecule has 0 saturated carbocycles. The lowest BCUT2D eigenvalue weighted by atomic mass is 10.1. The maximum Gasteiger partial charge on any atom is 0.433 e. The van der Waals surface area contributed by atoms with E-state index < -0.39 is 11.9 Å². The molecule has 6 heteroatoms. The van der Waals surface area contributed by atoms with Crippen molar-refractivity contribution in [3.8, 4) is 0 Å². The topological polar surface area (TPSA) is 38.9 Å². The van der Waals surface area contributed by atoms with Gasteiger partial charge >= 0.3 is 6.18 Å². The van der Waals surface area contributed by atoms with Crippen LogP contribution in [0.25, 0.3) is 10.8 Å². The lowest BCUT2D eigenvalue weighted by Gasteiger charge is -2.08. The van der Waals surface area contributed by atoms with Crippen molar-refractivity contribution in [2.75, 3.05) is 5.73 Å². The minimum absolute atomic E-state index is 0. The van der Waals surface area contributed by atoms with Crippen molar-refractivity contribution in [1.29, 1.82) is 0 Å². The van der Waals surface area contributed by atoms with Crippen LogP contribution in [-0.2, 0) is 6.18 Å². The van der Waals surface area contributed by atoms with Crippen LogP contribution in [0, 0.1) is 0 Å². The molecule has 16 heavy (non-hydrogen) atoms. The molecule has 2 nitrogen and oxygen atoms in total. The predicted molar refractivity (Wildman–Crippen MR) is 58.4 cm³/mol. The van der Waals surface area contributed by atoms with E-state index >= 15 is 0 Å². The summed E-state index contributed by atoms with van der Waals surface area (Å²) in [6.07, 6.45) is -4.46. The summed E-state index contributed by atoms with van der Waals surface area (Å²) in [6.45, 7) is 0. The van der Waals surface area contributed by atoms with Crippen LogP contribution >= 0.6 is 12.4 Å². The number of rotatable bonds is 0. The summed E-state index contributed by atoms with van der Waals surface area (Å²) in [4.78, 5) is 3.33. The zero-order valence-corrected chi connectivity index (χ0v) is 8.77. The molecule has 1 aromatic heterocycles. The Morgan fingerprint density at radius 3 is 2.38 bits per heavy atom. The van der Waals surface area contributed by atoms with Gasteiger partial charge in [-0.15, -0.1) is 12.4 Å². The Labute approximate surface area is 95.7 Å². The largest absolute Gasteiger partial charge is 0.433 e. The summed E-state index contributed by atoms with van der Waals surface area (Å²) in [5.41, 5.74) is 4.48. The molecule has 0 bridgehead atoms. The first-order valence-electron chi connectivity index (χ1n) is 4.21. The summed E-state index contributed by atoms with van der Waals surface area (Å²) in [7, 11) is 0. The molecule has 2 aromatic rings. The number of nitrogens with two attached hydrogens (primary N) is 1. The normalized spacial score (nSPS) is 11.2. The molecule has 0 aliphatic heterocycles. The molecular weight excluding hydrogens is 241 g/mol. The zero-order valence-electron chi connectivity index (χ0n) is 7.95. The fraction of sp³-hybridized carbons (Fsp3) is 0.100. The van der Waals surface area contributed by atoms with Crippen LogP contribution in [0.1, 0.15) is 5.69 Å². The minimum Gasteiger partial charge on any atom is -0.383 e. The molecule has 0 atom stereocenters. The number of hydrogen-bond donors (Lipinski definition) is 1. The van der Waals surface area contributed by atoms with Crippen molar-refractivity contribution < 1.29 is 13.2 Å². The third-order valence-corrected chi connectivity index (χ3v) is 2.06. The fourth-order valence-electron chi connectivity index (χ4n) is 1.37. The lowest BCUT2D eigenvalue weighted by Crippen LogP contribution is -2.09. The third-order valence-electron chi connectivity index (χ3n) is 2.06. The molecule has 0 saturated heterocycles. The average Bonchev–Trinajstić information content (AvgIpc) is 2.16. The van der Waals surface area contributed by atoms with Crippen LogP contribution in [-0.4, -0.2) is 4.98 Å². The van der Waals surface area contributed by atoms with E-state index in [9.17, 15) is 13.2 Å². The van der Waals surface area contributed by atoms with Crippen molar-refractivity contribution in [1.82, 2.24) is 4.98 Å². The van der Waals surface area contributed by atoms with Gasteiger partial charge in [0, 0.05) is 5.39 Å². The number of halogens is 4. The molecule has 0 unspecified atom stereocenters. The Hall–Kier alpha value is -1.49. The Morgan fingerprint density at radius 2 is 1.75 bits per heavy atom. The highest BCUT2D eigenvalue weighted by molar-refractivity contribution is 5.91. The van der Waals surface area contributed by atoms with Crippen molar-refractivity contribution >= 4 is 29.0 Å². The number of benzene rings is 1. The summed E-state index contributed by atoms with van der Waals surface area (Å²) in [5.74, 6) is -0.0968. The molecule has 1 aromatic carbocycles. The number of hydrogen-bond acceptors (Lipinski definition) is 2. The molecular formula is C10H8ClF3N2. The lowest BCUT2D eigenvalue weighted by molar-refractivity contribution is -0.140. The van der Waals surface area contributed by atoms with Crippen LogP contribution in [0.5, 0.6) is 0 Å². The number of alkyl halides is 3. The van der Waals surface area contributed by atoms with Gasteiger partial charge in [0.05, 0.1) is 0 Å². The number of anilines is 1. The molecule has 0 spiro atoms. The van der Waals surface area contributed by atoms with E-state index in [1.165, 1.54) is 0 Å². The van der Waals surface area contributed by atoms with Crippen molar-refractivity contribution in [3.63, 3.8) is 0 Å². The molecule has 0 aliphatic carbocycles. The number of aromatic nitrogens is 1. The van der Waals surface area contributed by atoms with Crippen molar-refractivity contribution in [2.24, 2.45) is 0 Å². The van der Waals surface area contributed by atoms with E-state index in [0.717, 1.165) is 6.07 Å². The van der Waals surface area contributed by atoms with Crippen LogP contribution in [0.4, 0.5) is 19.0 Å². The van der Waals surface area contributed by atoms with E-state index in [-0.39, 0.29) is 18.2 Å². The number of fused-ring (bicyclic) bond motifs is 1. The summed E-state index contributed by atoms with van der Waals surface area (Å²) >= 11 is 0. The monoisotopic (exact) mass is 248 g/mol. The van der Waals surface area contributed by atoms with E-state index in [0.29, 0.717) is 10.8 Å². The highest BCUT2D eigenvalue weighted by atomic mass is 35.5. The van der Waals surface area contributed by atoms with Gasteiger partial charge in [0.2, 0.25) is 0 Å². The highest BCUT2D eigenvalue weighted by Gasteiger charge is 2.33. The van der Waals surface area contributed by atoms with Gasteiger partial charge in [-0.3, -0.25) is 0 Å². The highest BCUT2D eigenvalue weighted by Crippen LogP contribution is 2.31. The van der Waals surface area contributed by atoms with Crippen LogP contribution in [0.15, 0.2) is 30.3 Å². The molecule has 0 fully saturated rings. The van der Waals surface area contributed by atoms with Gasteiger partial charge in [0.15, 0.2) is 0 Å². The minimum atomic E-state index is -4.46. The van der Waals surface area contributed by atoms with Gasteiger partial charge in [0.25, 0.3) is 0 Å².